The van der Waals surface area contributed by atoms with E-state index < -0.39 is 5.91 Å². The quantitative estimate of drug-likeness (QED) is 0.511. The molecule has 0 atom stereocenters. The highest BCUT2D eigenvalue weighted by molar-refractivity contribution is 7.80. The molecule has 2 N–H and O–H groups in total. The lowest BCUT2D eigenvalue weighted by atomic mass is 9.95. The zero-order valence-corrected chi connectivity index (χ0v) is 18.8. The van der Waals surface area contributed by atoms with E-state index in [0.717, 1.165) is 36.1 Å². The zero-order chi connectivity index (χ0) is 21.7. The highest BCUT2D eigenvalue weighted by atomic mass is 32.1. The molecule has 0 saturated heterocycles. The number of fused-ring (bicyclic) bond motifs is 1. The number of nitrogens with one attached hydrogen (secondary N) is 2. The van der Waals surface area contributed by atoms with E-state index in [-0.39, 0.29) is 23.3 Å². The van der Waals surface area contributed by atoms with Gasteiger partial charge in [-0.3, -0.25) is 10.1 Å². The van der Waals surface area contributed by atoms with Gasteiger partial charge in [-0.2, -0.15) is 0 Å². The number of carbonyl (C=O) groups excluding carboxylic acids is 2. The van der Waals surface area contributed by atoms with E-state index in [4.69, 9.17) is 26.4 Å². The van der Waals surface area contributed by atoms with E-state index in [2.05, 4.69) is 10.6 Å². The molecule has 0 spiro atoms. The third kappa shape index (κ3) is 4.57. The second-order valence-corrected chi connectivity index (χ2v) is 8.09. The monoisotopic (exact) mass is 448 g/mol. The Bertz CT molecular complexity index is 948. The van der Waals surface area contributed by atoms with Crippen LogP contribution >= 0.6 is 23.6 Å². The fraction of sp³-hybridized carbons (Fsp3) is 0.381. The van der Waals surface area contributed by atoms with Crippen molar-refractivity contribution in [1.29, 1.82) is 0 Å². The lowest BCUT2D eigenvalue weighted by Gasteiger charge is -2.14. The summed E-state index contributed by atoms with van der Waals surface area (Å²) in [6.07, 6.45) is 3.87. The molecule has 9 heteroatoms. The van der Waals surface area contributed by atoms with Crippen molar-refractivity contribution in [3.05, 3.63) is 39.8 Å². The average Bonchev–Trinajstić information content (AvgIpc) is 3.10. The SMILES string of the molecule is CCOC(=O)c1c(NC(=S)NC(=O)c2c(OC)cccc2OC)sc2c1CCCC2. The summed E-state index contributed by atoms with van der Waals surface area (Å²) >= 11 is 6.84. The van der Waals surface area contributed by atoms with Gasteiger partial charge < -0.3 is 19.5 Å². The highest BCUT2D eigenvalue weighted by Gasteiger charge is 2.27. The molecule has 1 heterocycles. The summed E-state index contributed by atoms with van der Waals surface area (Å²) in [5.74, 6) is -0.109. The minimum absolute atomic E-state index is 0.0807. The van der Waals surface area contributed by atoms with Crippen molar-refractivity contribution in [1.82, 2.24) is 5.32 Å². The molecule has 0 radical (unpaired) electrons. The van der Waals surface area contributed by atoms with Crippen LogP contribution in [0, 0.1) is 0 Å². The van der Waals surface area contributed by atoms with Gasteiger partial charge in [0.2, 0.25) is 0 Å². The van der Waals surface area contributed by atoms with Crippen LogP contribution in [-0.2, 0) is 17.6 Å². The van der Waals surface area contributed by atoms with Gasteiger partial charge in [-0.15, -0.1) is 11.3 Å². The number of ether oxygens (including phenoxy) is 3. The lowest BCUT2D eigenvalue weighted by molar-refractivity contribution is 0.0526. The number of aryl methyl sites for hydroxylation is 1. The van der Waals surface area contributed by atoms with E-state index in [0.29, 0.717) is 22.1 Å². The van der Waals surface area contributed by atoms with Crippen LogP contribution in [0.4, 0.5) is 5.00 Å². The molecule has 0 bridgehead atoms. The van der Waals surface area contributed by atoms with Crippen molar-refractivity contribution in [2.24, 2.45) is 0 Å². The number of methoxy groups -OCH3 is 2. The first-order chi connectivity index (χ1) is 14.5. The molecule has 1 amide bonds. The summed E-state index contributed by atoms with van der Waals surface area (Å²) in [6, 6.07) is 5.06. The number of benzene rings is 1. The van der Waals surface area contributed by atoms with E-state index in [1.807, 2.05) is 0 Å². The predicted octanol–water partition coefficient (Wildman–Crippen LogP) is 3.95. The first kappa shape index (κ1) is 22.0. The number of hydrogen-bond acceptors (Lipinski definition) is 7. The second-order valence-electron chi connectivity index (χ2n) is 6.58. The molecule has 3 rings (SSSR count). The van der Waals surface area contributed by atoms with E-state index in [1.165, 1.54) is 25.6 Å². The first-order valence-corrected chi connectivity index (χ1v) is 10.9. The van der Waals surface area contributed by atoms with E-state index >= 15 is 0 Å². The van der Waals surface area contributed by atoms with Gasteiger partial charge in [-0.25, -0.2) is 4.79 Å². The Labute approximate surface area is 184 Å². The number of hydrogen-bond donors (Lipinski definition) is 2. The fourth-order valence-electron chi connectivity index (χ4n) is 3.45. The maximum atomic E-state index is 12.8. The van der Waals surface area contributed by atoms with Crippen LogP contribution in [0.2, 0.25) is 0 Å². The largest absolute Gasteiger partial charge is 0.496 e. The van der Waals surface area contributed by atoms with Gasteiger partial charge in [-0.1, -0.05) is 6.07 Å². The molecule has 30 heavy (non-hydrogen) atoms. The minimum atomic E-state index is -0.471. The fourth-order valence-corrected chi connectivity index (χ4v) is 4.99. The van der Waals surface area contributed by atoms with Crippen LogP contribution < -0.4 is 20.1 Å². The maximum absolute atomic E-state index is 12.8. The summed E-state index contributed by atoms with van der Waals surface area (Å²) in [5.41, 5.74) is 1.78. The topological polar surface area (TPSA) is 85.9 Å². The average molecular weight is 449 g/mol. The summed E-state index contributed by atoms with van der Waals surface area (Å²) in [7, 11) is 2.95. The van der Waals surface area contributed by atoms with Gasteiger partial charge in [0.1, 0.15) is 22.1 Å². The van der Waals surface area contributed by atoms with Gasteiger partial charge in [0, 0.05) is 4.88 Å². The third-order valence-electron chi connectivity index (χ3n) is 4.76. The molecule has 2 aromatic rings. The predicted molar refractivity (Wildman–Crippen MR) is 120 cm³/mol. The number of thiocarbonyl (C=S) groups is 1. The highest BCUT2D eigenvalue weighted by Crippen LogP contribution is 2.38. The number of rotatable bonds is 6. The number of carbonyl (C=O) groups is 2. The lowest BCUT2D eigenvalue weighted by Crippen LogP contribution is -2.34. The molecule has 1 aromatic heterocycles. The van der Waals surface area contributed by atoms with Gasteiger partial charge in [0.15, 0.2) is 5.11 Å². The van der Waals surface area contributed by atoms with Crippen molar-refractivity contribution in [2.45, 2.75) is 32.6 Å². The molecule has 0 fully saturated rings. The number of anilines is 1. The standard InChI is InChI=1S/C21H24N2O5S2/c1-4-28-20(25)16-12-8-5-6-11-15(12)30-19(16)23-21(29)22-18(24)17-13(26-2)9-7-10-14(17)27-3/h7,9-10H,4-6,8,11H2,1-3H3,(H2,22,23,24,29). The molecule has 0 saturated carbocycles. The molecule has 0 unspecified atom stereocenters. The number of amides is 1. The Morgan fingerprint density at radius 1 is 1.10 bits per heavy atom. The Balaban J connectivity index is 1.83. The Kier molecular flexibility index (Phi) is 7.28. The molecular formula is C21H24N2O5S2. The van der Waals surface area contributed by atoms with E-state index in [9.17, 15) is 9.59 Å². The number of esters is 1. The summed E-state index contributed by atoms with van der Waals surface area (Å²) in [5, 5.41) is 6.34. The first-order valence-electron chi connectivity index (χ1n) is 9.65. The molecule has 1 aliphatic rings. The Morgan fingerprint density at radius 2 is 1.77 bits per heavy atom. The summed E-state index contributed by atoms with van der Waals surface area (Å²) < 4.78 is 15.8. The number of thiophene rings is 1. The van der Waals surface area contributed by atoms with Crippen molar-refractivity contribution < 1.29 is 23.8 Å². The van der Waals surface area contributed by atoms with Crippen molar-refractivity contribution >= 4 is 45.5 Å². The second kappa shape index (κ2) is 9.90. The van der Waals surface area contributed by atoms with Crippen LogP contribution in [0.15, 0.2) is 18.2 Å². The summed E-state index contributed by atoms with van der Waals surface area (Å²) in [6.45, 7) is 2.06. The Morgan fingerprint density at radius 3 is 2.40 bits per heavy atom. The third-order valence-corrected chi connectivity index (χ3v) is 6.17. The normalized spacial score (nSPS) is 12.5. The Hall–Kier alpha value is -2.65. The molecule has 160 valence electrons. The van der Waals surface area contributed by atoms with Crippen LogP contribution in [0.1, 0.15) is 50.9 Å². The van der Waals surface area contributed by atoms with E-state index in [1.54, 1.807) is 25.1 Å². The van der Waals surface area contributed by atoms with Crippen molar-refractivity contribution in [3.8, 4) is 11.5 Å². The van der Waals surface area contributed by atoms with Gasteiger partial charge in [-0.05, 0) is 62.5 Å². The van der Waals surface area contributed by atoms with Crippen LogP contribution in [0.25, 0.3) is 0 Å². The maximum Gasteiger partial charge on any atom is 0.341 e. The smallest absolute Gasteiger partial charge is 0.341 e. The van der Waals surface area contributed by atoms with Crippen LogP contribution in [-0.4, -0.2) is 37.8 Å². The summed E-state index contributed by atoms with van der Waals surface area (Å²) in [4.78, 5) is 26.6. The molecular weight excluding hydrogens is 424 g/mol. The molecule has 1 aliphatic carbocycles. The van der Waals surface area contributed by atoms with Gasteiger partial charge >= 0.3 is 5.97 Å². The minimum Gasteiger partial charge on any atom is -0.496 e. The molecule has 7 nitrogen and oxygen atoms in total. The molecule has 1 aromatic carbocycles. The van der Waals surface area contributed by atoms with Crippen LogP contribution in [0.5, 0.6) is 11.5 Å². The van der Waals surface area contributed by atoms with Crippen LogP contribution in [0.3, 0.4) is 0 Å². The molecule has 0 aliphatic heterocycles. The van der Waals surface area contributed by atoms with Gasteiger partial charge in [0.25, 0.3) is 5.91 Å². The van der Waals surface area contributed by atoms with Crippen molar-refractivity contribution in [3.63, 3.8) is 0 Å². The van der Waals surface area contributed by atoms with Gasteiger partial charge in [0.05, 0.1) is 26.4 Å². The van der Waals surface area contributed by atoms with Crippen molar-refractivity contribution in [2.75, 3.05) is 26.1 Å². The zero-order valence-electron chi connectivity index (χ0n) is 17.1.